The summed E-state index contributed by atoms with van der Waals surface area (Å²) in [5.74, 6) is 0.00554. The number of benzene rings is 1. The van der Waals surface area contributed by atoms with E-state index in [1.54, 1.807) is 0 Å². The van der Waals surface area contributed by atoms with Crippen LogP contribution in [0.5, 0.6) is 0 Å². The maximum Gasteiger partial charge on any atom is 0.211 e. The summed E-state index contributed by atoms with van der Waals surface area (Å²) in [6.07, 6.45) is 1.25. The van der Waals surface area contributed by atoms with Crippen molar-refractivity contribution in [1.29, 1.82) is 0 Å². The molecule has 7 heteroatoms. The molecule has 1 aliphatic rings. The normalized spacial score (nSPS) is 19.3. The number of nitrogens with two attached hydrogens (primary N) is 1. The molecule has 0 spiro atoms. The Bertz CT molecular complexity index is 581. The minimum Gasteiger partial charge on any atom is -0.393 e. The lowest BCUT2D eigenvalue weighted by Crippen LogP contribution is -2.49. The molecule has 1 unspecified atom stereocenters. The van der Waals surface area contributed by atoms with Crippen LogP contribution in [0.4, 0.5) is 0 Å². The fourth-order valence-corrected chi connectivity index (χ4v) is 3.58. The Hall–Kier alpha value is -1.02. The van der Waals surface area contributed by atoms with Gasteiger partial charge >= 0.3 is 0 Å². The van der Waals surface area contributed by atoms with Crippen molar-refractivity contribution >= 4 is 27.2 Å². The Morgan fingerprint density at radius 3 is 2.29 bits per heavy atom. The number of thiocarbonyl (C=S) groups is 1. The van der Waals surface area contributed by atoms with Crippen LogP contribution >= 0.6 is 12.2 Å². The number of hydrogen-bond donors (Lipinski definition) is 1. The van der Waals surface area contributed by atoms with E-state index < -0.39 is 10.0 Å². The number of sulfonamides is 1. The smallest absolute Gasteiger partial charge is 0.211 e. The predicted octanol–water partition coefficient (Wildman–Crippen LogP) is 0.634. The van der Waals surface area contributed by atoms with E-state index in [9.17, 15) is 8.42 Å². The van der Waals surface area contributed by atoms with Crippen molar-refractivity contribution < 1.29 is 8.42 Å². The first kappa shape index (κ1) is 16.4. The Morgan fingerprint density at radius 1 is 1.24 bits per heavy atom. The molecule has 1 atom stereocenters. The van der Waals surface area contributed by atoms with Crippen molar-refractivity contribution in [3.05, 3.63) is 35.9 Å². The van der Waals surface area contributed by atoms with Crippen LogP contribution in [0.1, 0.15) is 11.5 Å². The van der Waals surface area contributed by atoms with Crippen LogP contribution in [-0.4, -0.2) is 61.6 Å². The van der Waals surface area contributed by atoms with Gasteiger partial charge in [-0.1, -0.05) is 42.5 Å². The molecule has 116 valence electrons. The van der Waals surface area contributed by atoms with E-state index in [1.165, 1.54) is 10.6 Å². The summed E-state index contributed by atoms with van der Waals surface area (Å²) in [5, 5.41) is 0. The van der Waals surface area contributed by atoms with Gasteiger partial charge in [0.25, 0.3) is 0 Å². The van der Waals surface area contributed by atoms with E-state index in [0.29, 0.717) is 31.2 Å². The van der Waals surface area contributed by atoms with Gasteiger partial charge in [-0.2, -0.15) is 4.31 Å². The molecular formula is C14H21N3O2S2. The zero-order chi connectivity index (χ0) is 15.5. The second-order valence-corrected chi connectivity index (χ2v) is 7.78. The topological polar surface area (TPSA) is 66.6 Å². The first-order valence-corrected chi connectivity index (χ1v) is 9.15. The zero-order valence-electron chi connectivity index (χ0n) is 12.1. The van der Waals surface area contributed by atoms with E-state index in [4.69, 9.17) is 18.0 Å². The van der Waals surface area contributed by atoms with Crippen LogP contribution in [0, 0.1) is 0 Å². The van der Waals surface area contributed by atoms with E-state index in [2.05, 4.69) is 4.90 Å². The first-order chi connectivity index (χ1) is 9.88. The average Bonchev–Trinajstić information content (AvgIpc) is 2.45. The zero-order valence-corrected chi connectivity index (χ0v) is 13.7. The van der Waals surface area contributed by atoms with Gasteiger partial charge in [0.2, 0.25) is 10.0 Å². The maximum atomic E-state index is 11.5. The molecule has 1 saturated heterocycles. The summed E-state index contributed by atoms with van der Waals surface area (Å²) < 4.78 is 24.5. The third-order valence-corrected chi connectivity index (χ3v) is 5.37. The third-order valence-electron chi connectivity index (χ3n) is 3.79. The molecule has 1 fully saturated rings. The minimum atomic E-state index is -3.09. The molecule has 1 aromatic rings. The van der Waals surface area contributed by atoms with Gasteiger partial charge in [0.05, 0.1) is 11.2 Å². The quantitative estimate of drug-likeness (QED) is 0.804. The highest BCUT2D eigenvalue weighted by Crippen LogP contribution is 2.19. The van der Waals surface area contributed by atoms with Gasteiger partial charge < -0.3 is 5.73 Å². The van der Waals surface area contributed by atoms with Crippen molar-refractivity contribution in [3.8, 4) is 0 Å². The fourth-order valence-electron chi connectivity index (χ4n) is 2.55. The lowest BCUT2D eigenvalue weighted by molar-refractivity contribution is 0.187. The SMILES string of the molecule is CS(=O)(=O)N1CCN(CC(C(N)=S)c2ccccc2)CC1. The van der Waals surface area contributed by atoms with Crippen LogP contribution in [-0.2, 0) is 10.0 Å². The summed E-state index contributed by atoms with van der Waals surface area (Å²) in [7, 11) is -3.09. The van der Waals surface area contributed by atoms with Gasteiger partial charge in [0.15, 0.2) is 0 Å². The summed E-state index contributed by atoms with van der Waals surface area (Å²) in [4.78, 5) is 2.70. The molecule has 0 aromatic heterocycles. The molecule has 1 aliphatic heterocycles. The van der Waals surface area contributed by atoms with E-state index in [1.807, 2.05) is 30.3 Å². The van der Waals surface area contributed by atoms with Crippen molar-refractivity contribution in [2.75, 3.05) is 39.0 Å². The largest absolute Gasteiger partial charge is 0.393 e. The standard InChI is InChI=1S/C14H21N3O2S2/c1-21(18,19)17-9-7-16(8-10-17)11-13(14(15)20)12-5-3-2-4-6-12/h2-6,13H,7-11H2,1H3,(H2,15,20). The van der Waals surface area contributed by atoms with Crippen molar-refractivity contribution in [2.24, 2.45) is 5.73 Å². The highest BCUT2D eigenvalue weighted by atomic mass is 32.2. The van der Waals surface area contributed by atoms with Gasteiger partial charge in [0, 0.05) is 38.6 Å². The Morgan fingerprint density at radius 2 is 1.81 bits per heavy atom. The highest BCUT2D eigenvalue weighted by molar-refractivity contribution is 7.88. The second kappa shape index (κ2) is 6.83. The number of rotatable bonds is 5. The van der Waals surface area contributed by atoms with Gasteiger partial charge in [-0.05, 0) is 5.56 Å². The van der Waals surface area contributed by atoms with E-state index in [0.717, 1.165) is 12.1 Å². The van der Waals surface area contributed by atoms with Crippen LogP contribution < -0.4 is 5.73 Å². The number of nitrogens with zero attached hydrogens (tertiary/aromatic N) is 2. The highest BCUT2D eigenvalue weighted by Gasteiger charge is 2.26. The molecule has 1 heterocycles. The molecule has 0 amide bonds. The molecule has 2 rings (SSSR count). The molecule has 0 radical (unpaired) electrons. The number of piperazine rings is 1. The summed E-state index contributed by atoms with van der Waals surface area (Å²) >= 11 is 5.19. The van der Waals surface area contributed by atoms with Gasteiger partial charge in [-0.15, -0.1) is 0 Å². The Balaban J connectivity index is 1.99. The summed E-state index contributed by atoms with van der Waals surface area (Å²) in [6.45, 7) is 3.20. The molecule has 2 N–H and O–H groups in total. The van der Waals surface area contributed by atoms with Crippen molar-refractivity contribution in [1.82, 2.24) is 9.21 Å². The lowest BCUT2D eigenvalue weighted by atomic mass is 9.98. The fraction of sp³-hybridized carbons (Fsp3) is 0.500. The monoisotopic (exact) mass is 327 g/mol. The Labute approximate surface area is 131 Å². The van der Waals surface area contributed by atoms with E-state index >= 15 is 0 Å². The molecule has 0 saturated carbocycles. The van der Waals surface area contributed by atoms with E-state index in [-0.39, 0.29) is 5.92 Å². The predicted molar refractivity (Wildman–Crippen MR) is 88.8 cm³/mol. The van der Waals surface area contributed by atoms with Crippen LogP contribution in [0.3, 0.4) is 0 Å². The number of hydrogen-bond acceptors (Lipinski definition) is 4. The lowest BCUT2D eigenvalue weighted by Gasteiger charge is -2.35. The Kier molecular flexibility index (Phi) is 5.32. The molecule has 5 nitrogen and oxygen atoms in total. The summed E-state index contributed by atoms with van der Waals surface area (Å²) in [6, 6.07) is 9.96. The van der Waals surface area contributed by atoms with Crippen molar-refractivity contribution in [3.63, 3.8) is 0 Å². The summed E-state index contributed by atoms with van der Waals surface area (Å²) in [5.41, 5.74) is 6.99. The molecule has 21 heavy (non-hydrogen) atoms. The van der Waals surface area contributed by atoms with Gasteiger partial charge in [-0.3, -0.25) is 4.90 Å². The molecule has 0 bridgehead atoms. The third kappa shape index (κ3) is 4.47. The average molecular weight is 327 g/mol. The minimum absolute atomic E-state index is 0.00554. The van der Waals surface area contributed by atoms with Gasteiger partial charge in [0.1, 0.15) is 0 Å². The molecular weight excluding hydrogens is 306 g/mol. The molecule has 1 aromatic carbocycles. The van der Waals surface area contributed by atoms with Crippen LogP contribution in [0.15, 0.2) is 30.3 Å². The second-order valence-electron chi connectivity index (χ2n) is 5.33. The van der Waals surface area contributed by atoms with Gasteiger partial charge in [-0.25, -0.2) is 8.42 Å². The maximum absolute atomic E-state index is 11.5. The molecule has 0 aliphatic carbocycles. The first-order valence-electron chi connectivity index (χ1n) is 6.89. The van der Waals surface area contributed by atoms with Crippen molar-refractivity contribution in [2.45, 2.75) is 5.92 Å². The van der Waals surface area contributed by atoms with Crippen LogP contribution in [0.25, 0.3) is 0 Å². The van der Waals surface area contributed by atoms with Crippen LogP contribution in [0.2, 0.25) is 0 Å².